The molecule has 2 atom stereocenters. The monoisotopic (exact) mass is 243 g/mol. The summed E-state index contributed by atoms with van der Waals surface area (Å²) in [4.78, 5) is 5.64. The van der Waals surface area contributed by atoms with Crippen molar-refractivity contribution in [1.82, 2.24) is 9.80 Å². The summed E-state index contributed by atoms with van der Waals surface area (Å²) in [5, 5.41) is 0. The molecule has 0 spiro atoms. The summed E-state index contributed by atoms with van der Waals surface area (Å²) in [6.45, 7) is 11.2. The van der Waals surface area contributed by atoms with Crippen LogP contribution in [0.25, 0.3) is 0 Å². The molecule has 0 radical (unpaired) electrons. The van der Waals surface area contributed by atoms with Crippen LogP contribution in [0.5, 0.6) is 0 Å². The average molecular weight is 243 g/mol. The largest absolute Gasteiger partial charge is 0.392 e. The fraction of sp³-hybridized carbons (Fsp3) is 0.917. The molecule has 2 N–H and O–H groups in total. The van der Waals surface area contributed by atoms with Crippen LogP contribution in [0.2, 0.25) is 0 Å². The van der Waals surface area contributed by atoms with Gasteiger partial charge in [0.15, 0.2) is 0 Å². The highest BCUT2D eigenvalue weighted by atomic mass is 32.1. The topological polar surface area (TPSA) is 32.5 Å². The summed E-state index contributed by atoms with van der Waals surface area (Å²) in [6, 6.07) is 0.994. The van der Waals surface area contributed by atoms with E-state index >= 15 is 0 Å². The number of likely N-dealkylation sites (tertiary alicyclic amines) is 1. The van der Waals surface area contributed by atoms with Crippen molar-refractivity contribution >= 4 is 17.2 Å². The Kier molecular flexibility index (Phi) is 5.66. The Morgan fingerprint density at radius 1 is 1.44 bits per heavy atom. The van der Waals surface area contributed by atoms with Crippen LogP contribution in [0.15, 0.2) is 0 Å². The Morgan fingerprint density at radius 3 is 2.50 bits per heavy atom. The van der Waals surface area contributed by atoms with Crippen molar-refractivity contribution < 1.29 is 0 Å². The Morgan fingerprint density at radius 2 is 2.06 bits per heavy atom. The van der Waals surface area contributed by atoms with Gasteiger partial charge in [-0.25, -0.2) is 0 Å². The molecule has 2 unspecified atom stereocenters. The third-order valence-electron chi connectivity index (χ3n) is 3.68. The Bertz CT molecular complexity index is 228. The first-order valence-corrected chi connectivity index (χ1v) is 6.82. The van der Waals surface area contributed by atoms with Crippen LogP contribution in [0.3, 0.4) is 0 Å². The van der Waals surface area contributed by atoms with Crippen LogP contribution in [0.4, 0.5) is 0 Å². The quantitative estimate of drug-likeness (QED) is 0.716. The first-order chi connectivity index (χ1) is 7.63. The van der Waals surface area contributed by atoms with Crippen LogP contribution < -0.4 is 5.73 Å². The fourth-order valence-electron chi connectivity index (χ4n) is 2.73. The normalized spacial score (nSPS) is 23.9. The van der Waals surface area contributed by atoms with E-state index in [2.05, 4.69) is 30.6 Å². The van der Waals surface area contributed by atoms with Gasteiger partial charge in [-0.15, -0.1) is 0 Å². The Labute approximate surface area is 105 Å². The molecule has 1 aliphatic heterocycles. The molecule has 4 heteroatoms. The minimum atomic E-state index is 0.301. The molecule has 0 aromatic carbocycles. The van der Waals surface area contributed by atoms with Crippen molar-refractivity contribution in [3.63, 3.8) is 0 Å². The van der Waals surface area contributed by atoms with E-state index in [1.807, 2.05) is 0 Å². The summed E-state index contributed by atoms with van der Waals surface area (Å²) in [6.07, 6.45) is 2.28. The van der Waals surface area contributed by atoms with Crippen molar-refractivity contribution in [3.8, 4) is 0 Å². The third kappa shape index (κ3) is 3.15. The van der Waals surface area contributed by atoms with Gasteiger partial charge < -0.3 is 5.73 Å². The number of hydrogen-bond acceptors (Lipinski definition) is 3. The van der Waals surface area contributed by atoms with Crippen LogP contribution in [-0.4, -0.2) is 53.1 Å². The molecule has 1 aliphatic rings. The van der Waals surface area contributed by atoms with Gasteiger partial charge in [0.1, 0.15) is 0 Å². The van der Waals surface area contributed by atoms with E-state index in [0.717, 1.165) is 32.6 Å². The molecule has 1 heterocycles. The number of rotatable bonds is 6. The molecule has 1 rings (SSSR count). The second-order valence-corrected chi connectivity index (χ2v) is 4.96. The Hall–Kier alpha value is -0.190. The highest BCUT2D eigenvalue weighted by Gasteiger charge is 2.30. The van der Waals surface area contributed by atoms with Gasteiger partial charge in [0.25, 0.3) is 0 Å². The predicted molar refractivity (Wildman–Crippen MR) is 73.8 cm³/mol. The predicted octanol–water partition coefficient (Wildman–Crippen LogP) is 1.47. The molecule has 94 valence electrons. The number of nitrogens with zero attached hydrogens (tertiary/aromatic N) is 2. The fourth-order valence-corrected chi connectivity index (χ4v) is 3.04. The zero-order valence-corrected chi connectivity index (χ0v) is 11.6. The van der Waals surface area contributed by atoms with E-state index in [1.54, 1.807) is 0 Å². The Balaban J connectivity index is 2.53. The molecular weight excluding hydrogens is 218 g/mol. The maximum atomic E-state index is 5.79. The molecule has 0 amide bonds. The minimum absolute atomic E-state index is 0.301. The maximum Gasteiger partial charge on any atom is 0.0901 e. The molecular formula is C12H25N3S. The summed E-state index contributed by atoms with van der Waals surface area (Å²) < 4.78 is 0. The summed E-state index contributed by atoms with van der Waals surface area (Å²) in [5.74, 6) is 0. The summed E-state index contributed by atoms with van der Waals surface area (Å²) >= 11 is 5.14. The van der Waals surface area contributed by atoms with Crippen molar-refractivity contribution in [2.24, 2.45) is 5.73 Å². The van der Waals surface area contributed by atoms with Crippen LogP contribution in [0.1, 0.15) is 33.6 Å². The lowest BCUT2D eigenvalue weighted by molar-refractivity contribution is 0.203. The van der Waals surface area contributed by atoms with Gasteiger partial charge in [-0.2, -0.15) is 0 Å². The molecule has 16 heavy (non-hydrogen) atoms. The second-order valence-electron chi connectivity index (χ2n) is 4.49. The van der Waals surface area contributed by atoms with Crippen molar-refractivity contribution in [1.29, 1.82) is 0 Å². The van der Waals surface area contributed by atoms with Crippen molar-refractivity contribution in [2.45, 2.75) is 45.7 Å². The first-order valence-electron chi connectivity index (χ1n) is 6.41. The molecule has 0 aromatic rings. The van der Waals surface area contributed by atoms with Gasteiger partial charge in [-0.05, 0) is 25.9 Å². The van der Waals surface area contributed by atoms with Crippen molar-refractivity contribution in [2.75, 3.05) is 26.2 Å². The standard InChI is InChI=1S/C12H25N3S/c1-4-11(12(13)16)15-8-7-10(9-15)14(5-2)6-3/h10-11H,4-9H2,1-3H3,(H2,13,16). The lowest BCUT2D eigenvalue weighted by Crippen LogP contribution is -2.44. The van der Waals surface area contributed by atoms with E-state index in [9.17, 15) is 0 Å². The third-order valence-corrected chi connectivity index (χ3v) is 3.95. The summed E-state index contributed by atoms with van der Waals surface area (Å²) in [7, 11) is 0. The number of nitrogens with two attached hydrogens (primary N) is 1. The lowest BCUT2D eigenvalue weighted by Gasteiger charge is -2.29. The SMILES string of the molecule is CCC(C(N)=S)N1CCC(N(CC)CC)C1. The van der Waals surface area contributed by atoms with Gasteiger partial charge in [-0.3, -0.25) is 9.80 Å². The van der Waals surface area contributed by atoms with Gasteiger partial charge >= 0.3 is 0 Å². The molecule has 0 bridgehead atoms. The first kappa shape index (κ1) is 13.9. The van der Waals surface area contributed by atoms with E-state index in [-0.39, 0.29) is 0 Å². The zero-order chi connectivity index (χ0) is 12.1. The highest BCUT2D eigenvalue weighted by Crippen LogP contribution is 2.19. The maximum absolute atomic E-state index is 5.79. The van der Waals surface area contributed by atoms with E-state index in [0.29, 0.717) is 17.1 Å². The van der Waals surface area contributed by atoms with Crippen LogP contribution in [-0.2, 0) is 0 Å². The lowest BCUT2D eigenvalue weighted by atomic mass is 10.2. The van der Waals surface area contributed by atoms with E-state index in [4.69, 9.17) is 18.0 Å². The zero-order valence-electron chi connectivity index (χ0n) is 10.8. The number of thiocarbonyl (C=S) groups is 1. The minimum Gasteiger partial charge on any atom is -0.392 e. The van der Waals surface area contributed by atoms with Crippen molar-refractivity contribution in [3.05, 3.63) is 0 Å². The van der Waals surface area contributed by atoms with E-state index < -0.39 is 0 Å². The summed E-state index contributed by atoms with van der Waals surface area (Å²) in [5.41, 5.74) is 5.79. The molecule has 1 saturated heterocycles. The average Bonchev–Trinajstić information content (AvgIpc) is 2.70. The van der Waals surface area contributed by atoms with Gasteiger partial charge in [0.05, 0.1) is 11.0 Å². The van der Waals surface area contributed by atoms with Gasteiger partial charge in [0.2, 0.25) is 0 Å². The van der Waals surface area contributed by atoms with Crippen LogP contribution >= 0.6 is 12.2 Å². The molecule has 0 aromatic heterocycles. The van der Waals surface area contributed by atoms with Crippen LogP contribution in [0, 0.1) is 0 Å². The molecule has 3 nitrogen and oxygen atoms in total. The number of hydrogen-bond donors (Lipinski definition) is 1. The smallest absolute Gasteiger partial charge is 0.0901 e. The highest BCUT2D eigenvalue weighted by molar-refractivity contribution is 7.80. The van der Waals surface area contributed by atoms with E-state index in [1.165, 1.54) is 6.42 Å². The van der Waals surface area contributed by atoms with Gasteiger partial charge in [0, 0.05) is 19.1 Å². The number of likely N-dealkylation sites (N-methyl/N-ethyl adjacent to an activating group) is 1. The van der Waals surface area contributed by atoms with Gasteiger partial charge in [-0.1, -0.05) is 33.0 Å². The molecule has 1 fully saturated rings. The molecule has 0 aliphatic carbocycles. The second kappa shape index (κ2) is 6.52. The molecule has 0 saturated carbocycles.